The standard InChI is InChI=1S/C13H20N6O/c1-13(2,9-4-3-5-20-9)7-19-11-8(6-16-19)10(14)17-12(15)18-11/h6,9H,3-5,7H2,1-2H3,(H4,14,15,17,18). The van der Waals surface area contributed by atoms with Crippen LogP contribution in [0, 0.1) is 5.41 Å². The van der Waals surface area contributed by atoms with Gasteiger partial charge >= 0.3 is 0 Å². The summed E-state index contributed by atoms with van der Waals surface area (Å²) in [5.74, 6) is 0.542. The van der Waals surface area contributed by atoms with Gasteiger partial charge in [0.05, 0.1) is 24.2 Å². The molecule has 0 aromatic carbocycles. The first-order chi connectivity index (χ1) is 9.47. The molecule has 0 saturated carbocycles. The lowest BCUT2D eigenvalue weighted by atomic mass is 9.85. The Hall–Kier alpha value is -1.89. The normalized spacial score (nSPS) is 19.8. The molecule has 1 unspecified atom stereocenters. The Morgan fingerprint density at radius 3 is 2.90 bits per heavy atom. The monoisotopic (exact) mass is 276 g/mol. The van der Waals surface area contributed by atoms with Crippen molar-refractivity contribution in [3.05, 3.63) is 6.20 Å². The summed E-state index contributed by atoms with van der Waals surface area (Å²) in [6.07, 6.45) is 4.15. The van der Waals surface area contributed by atoms with Gasteiger partial charge in [-0.15, -0.1) is 0 Å². The topological polar surface area (TPSA) is 105 Å². The van der Waals surface area contributed by atoms with Crippen LogP contribution in [0.1, 0.15) is 26.7 Å². The summed E-state index contributed by atoms with van der Waals surface area (Å²) in [7, 11) is 0. The van der Waals surface area contributed by atoms with Crippen LogP contribution in [0.15, 0.2) is 6.20 Å². The summed E-state index contributed by atoms with van der Waals surface area (Å²) >= 11 is 0. The van der Waals surface area contributed by atoms with E-state index in [-0.39, 0.29) is 17.5 Å². The highest BCUT2D eigenvalue weighted by molar-refractivity contribution is 5.85. The molecule has 1 aliphatic heterocycles. The van der Waals surface area contributed by atoms with Crippen LogP contribution < -0.4 is 11.5 Å². The van der Waals surface area contributed by atoms with Crippen molar-refractivity contribution in [2.45, 2.75) is 39.3 Å². The zero-order valence-electron chi connectivity index (χ0n) is 11.8. The number of nitrogens with zero attached hydrogens (tertiary/aromatic N) is 4. The summed E-state index contributed by atoms with van der Waals surface area (Å²) in [4.78, 5) is 8.21. The number of hydrogen-bond acceptors (Lipinski definition) is 6. The fraction of sp³-hybridized carbons (Fsp3) is 0.615. The third kappa shape index (κ3) is 2.18. The number of anilines is 2. The van der Waals surface area contributed by atoms with Crippen LogP contribution in [-0.4, -0.2) is 32.5 Å². The quantitative estimate of drug-likeness (QED) is 0.872. The minimum Gasteiger partial charge on any atom is -0.383 e. The van der Waals surface area contributed by atoms with Crippen molar-refractivity contribution in [2.75, 3.05) is 18.1 Å². The molecular weight excluding hydrogens is 256 g/mol. The second kappa shape index (κ2) is 4.59. The Balaban J connectivity index is 1.94. The maximum atomic E-state index is 5.85. The lowest BCUT2D eigenvalue weighted by Crippen LogP contribution is -2.33. The van der Waals surface area contributed by atoms with Gasteiger partial charge in [0, 0.05) is 12.0 Å². The second-order valence-electron chi connectivity index (χ2n) is 6.00. The van der Waals surface area contributed by atoms with Crippen LogP contribution >= 0.6 is 0 Å². The minimum absolute atomic E-state index is 0.0239. The highest BCUT2D eigenvalue weighted by Gasteiger charge is 2.34. The molecule has 2 aromatic rings. The average Bonchev–Trinajstić information content (AvgIpc) is 2.99. The molecule has 108 valence electrons. The molecule has 7 nitrogen and oxygen atoms in total. The predicted molar refractivity (Wildman–Crippen MR) is 76.9 cm³/mol. The Morgan fingerprint density at radius 1 is 1.40 bits per heavy atom. The number of hydrogen-bond donors (Lipinski definition) is 2. The molecule has 3 heterocycles. The van der Waals surface area contributed by atoms with Crippen molar-refractivity contribution in [3.63, 3.8) is 0 Å². The van der Waals surface area contributed by atoms with E-state index in [1.54, 1.807) is 6.20 Å². The molecule has 0 radical (unpaired) electrons. The van der Waals surface area contributed by atoms with Crippen LogP contribution in [0.4, 0.5) is 11.8 Å². The Morgan fingerprint density at radius 2 is 2.20 bits per heavy atom. The van der Waals surface area contributed by atoms with Crippen LogP contribution in [0.5, 0.6) is 0 Å². The van der Waals surface area contributed by atoms with Gasteiger partial charge in [-0.05, 0) is 12.8 Å². The number of fused-ring (bicyclic) bond motifs is 1. The molecule has 0 spiro atoms. The first-order valence-electron chi connectivity index (χ1n) is 6.83. The van der Waals surface area contributed by atoms with E-state index in [2.05, 4.69) is 28.9 Å². The summed E-state index contributed by atoms with van der Waals surface area (Å²) < 4.78 is 7.64. The van der Waals surface area contributed by atoms with E-state index in [1.807, 2.05) is 4.68 Å². The summed E-state index contributed by atoms with van der Waals surface area (Å²) in [6.45, 7) is 5.92. The molecular formula is C13H20N6O. The van der Waals surface area contributed by atoms with Crippen molar-refractivity contribution in [1.29, 1.82) is 0 Å². The maximum Gasteiger partial charge on any atom is 0.224 e. The highest BCUT2D eigenvalue weighted by atomic mass is 16.5. The number of nitrogens with two attached hydrogens (primary N) is 2. The van der Waals surface area contributed by atoms with Gasteiger partial charge in [-0.2, -0.15) is 15.1 Å². The first kappa shape index (κ1) is 13.1. The molecule has 0 aliphatic carbocycles. The fourth-order valence-electron chi connectivity index (χ4n) is 2.79. The number of rotatable bonds is 3. The van der Waals surface area contributed by atoms with Crippen LogP contribution in [-0.2, 0) is 11.3 Å². The number of nitrogen functional groups attached to an aromatic ring is 2. The lowest BCUT2D eigenvalue weighted by Gasteiger charge is -2.30. The third-order valence-corrected chi connectivity index (χ3v) is 3.90. The van der Waals surface area contributed by atoms with Gasteiger partial charge in [0.2, 0.25) is 5.95 Å². The van der Waals surface area contributed by atoms with Gasteiger partial charge in [0.1, 0.15) is 5.82 Å². The minimum atomic E-state index is -0.0239. The Labute approximate surface area is 117 Å². The van der Waals surface area contributed by atoms with E-state index in [0.29, 0.717) is 18.0 Å². The number of ether oxygens (including phenoxy) is 1. The number of aromatic nitrogens is 4. The van der Waals surface area contributed by atoms with E-state index in [0.717, 1.165) is 24.8 Å². The van der Waals surface area contributed by atoms with E-state index >= 15 is 0 Å². The third-order valence-electron chi connectivity index (χ3n) is 3.90. The second-order valence-corrected chi connectivity index (χ2v) is 6.00. The molecule has 2 aromatic heterocycles. The maximum absolute atomic E-state index is 5.85. The molecule has 0 amide bonds. The highest BCUT2D eigenvalue weighted by Crippen LogP contribution is 2.33. The molecule has 1 saturated heterocycles. The van der Waals surface area contributed by atoms with Crippen LogP contribution in [0.2, 0.25) is 0 Å². The summed E-state index contributed by atoms with van der Waals surface area (Å²) in [5, 5.41) is 5.12. The Bertz CT molecular complexity index is 629. The zero-order valence-corrected chi connectivity index (χ0v) is 11.8. The van der Waals surface area contributed by atoms with Gasteiger partial charge < -0.3 is 16.2 Å². The SMILES string of the molecule is CC(C)(Cn1ncc2c(N)nc(N)nc21)C1CCCO1. The molecule has 7 heteroatoms. The van der Waals surface area contributed by atoms with Crippen LogP contribution in [0.25, 0.3) is 11.0 Å². The molecule has 1 atom stereocenters. The predicted octanol–water partition coefficient (Wildman–Crippen LogP) is 1.20. The molecule has 20 heavy (non-hydrogen) atoms. The van der Waals surface area contributed by atoms with Crippen LogP contribution in [0.3, 0.4) is 0 Å². The summed E-state index contributed by atoms with van der Waals surface area (Å²) in [6, 6.07) is 0. The lowest BCUT2D eigenvalue weighted by molar-refractivity contribution is 0.00837. The Kier molecular flexibility index (Phi) is 3.01. The van der Waals surface area contributed by atoms with Gasteiger partial charge in [-0.1, -0.05) is 13.8 Å². The summed E-state index contributed by atoms with van der Waals surface area (Å²) in [5.41, 5.74) is 12.2. The van der Waals surface area contributed by atoms with Gasteiger partial charge in [0.25, 0.3) is 0 Å². The smallest absolute Gasteiger partial charge is 0.224 e. The van der Waals surface area contributed by atoms with Crippen molar-refractivity contribution in [2.24, 2.45) is 5.41 Å². The van der Waals surface area contributed by atoms with E-state index in [9.17, 15) is 0 Å². The van der Waals surface area contributed by atoms with E-state index < -0.39 is 0 Å². The molecule has 0 bridgehead atoms. The van der Waals surface area contributed by atoms with E-state index in [4.69, 9.17) is 16.2 Å². The van der Waals surface area contributed by atoms with Crippen molar-refractivity contribution in [3.8, 4) is 0 Å². The molecule has 3 rings (SSSR count). The van der Waals surface area contributed by atoms with Crippen molar-refractivity contribution in [1.82, 2.24) is 19.7 Å². The van der Waals surface area contributed by atoms with Gasteiger partial charge in [-0.25, -0.2) is 4.68 Å². The van der Waals surface area contributed by atoms with Crippen molar-refractivity contribution < 1.29 is 4.74 Å². The van der Waals surface area contributed by atoms with E-state index in [1.165, 1.54) is 0 Å². The molecule has 1 aliphatic rings. The average molecular weight is 276 g/mol. The molecule has 1 fully saturated rings. The first-order valence-corrected chi connectivity index (χ1v) is 6.83. The van der Waals surface area contributed by atoms with Crippen molar-refractivity contribution >= 4 is 22.8 Å². The van der Waals surface area contributed by atoms with Gasteiger partial charge in [-0.3, -0.25) is 0 Å². The molecule has 4 N–H and O–H groups in total. The van der Waals surface area contributed by atoms with Gasteiger partial charge in [0.15, 0.2) is 5.65 Å². The fourth-order valence-corrected chi connectivity index (χ4v) is 2.79. The largest absolute Gasteiger partial charge is 0.383 e. The zero-order chi connectivity index (χ0) is 14.3.